The van der Waals surface area contributed by atoms with E-state index in [4.69, 9.17) is 10.5 Å². The first-order valence-corrected chi connectivity index (χ1v) is 6.58. The molecule has 20 heavy (non-hydrogen) atoms. The molecule has 0 aliphatic rings. The van der Waals surface area contributed by atoms with Crippen LogP contribution in [0.25, 0.3) is 5.69 Å². The summed E-state index contributed by atoms with van der Waals surface area (Å²) in [5.74, 6) is 0.762. The highest BCUT2D eigenvalue weighted by atomic mass is 16.5. The third-order valence-corrected chi connectivity index (χ3v) is 3.36. The van der Waals surface area contributed by atoms with E-state index in [9.17, 15) is 4.79 Å². The van der Waals surface area contributed by atoms with Crippen molar-refractivity contribution in [3.05, 3.63) is 57.5 Å². The number of hydrogen-bond donors (Lipinski definition) is 1. The van der Waals surface area contributed by atoms with Gasteiger partial charge in [-0.1, -0.05) is 6.07 Å². The predicted octanol–water partition coefficient (Wildman–Crippen LogP) is 2.48. The summed E-state index contributed by atoms with van der Waals surface area (Å²) >= 11 is 0. The van der Waals surface area contributed by atoms with Crippen molar-refractivity contribution < 1.29 is 4.74 Å². The molecule has 1 unspecified atom stereocenters. The van der Waals surface area contributed by atoms with E-state index in [-0.39, 0.29) is 11.5 Å². The van der Waals surface area contributed by atoms with Crippen LogP contribution in [-0.2, 0) is 0 Å². The Labute approximate surface area is 118 Å². The first kappa shape index (κ1) is 14.3. The van der Waals surface area contributed by atoms with Gasteiger partial charge in [0.2, 0.25) is 0 Å². The minimum absolute atomic E-state index is 0.0274. The molecule has 0 amide bonds. The van der Waals surface area contributed by atoms with Crippen molar-refractivity contribution in [2.75, 3.05) is 7.11 Å². The van der Waals surface area contributed by atoms with Gasteiger partial charge in [0, 0.05) is 29.6 Å². The lowest BCUT2D eigenvalue weighted by Gasteiger charge is -2.17. The molecular formula is C16H20N2O2. The van der Waals surface area contributed by atoms with Crippen molar-refractivity contribution in [3.63, 3.8) is 0 Å². The number of ether oxygens (including phenoxy) is 1. The number of aromatic nitrogens is 1. The quantitative estimate of drug-likeness (QED) is 0.934. The fourth-order valence-electron chi connectivity index (χ4n) is 2.24. The van der Waals surface area contributed by atoms with Gasteiger partial charge in [-0.2, -0.15) is 0 Å². The molecule has 106 valence electrons. The minimum atomic E-state index is -0.301. The van der Waals surface area contributed by atoms with Gasteiger partial charge in [-0.3, -0.25) is 4.79 Å². The van der Waals surface area contributed by atoms with E-state index in [1.165, 1.54) is 0 Å². The summed E-state index contributed by atoms with van der Waals surface area (Å²) in [5, 5.41) is 0. The van der Waals surface area contributed by atoms with E-state index in [0.29, 0.717) is 5.56 Å². The summed E-state index contributed by atoms with van der Waals surface area (Å²) in [6.07, 6.45) is 1.81. The fourth-order valence-corrected chi connectivity index (χ4v) is 2.24. The molecule has 2 rings (SSSR count). The number of aryl methyl sites for hydroxylation is 2. The topological polar surface area (TPSA) is 57.2 Å². The minimum Gasteiger partial charge on any atom is -0.495 e. The number of nitrogens with zero attached hydrogens (tertiary/aromatic N) is 1. The monoisotopic (exact) mass is 272 g/mol. The van der Waals surface area contributed by atoms with Gasteiger partial charge >= 0.3 is 0 Å². The lowest BCUT2D eigenvalue weighted by atomic mass is 10.1. The standard InChI is InChI=1S/C16H20N2O2/c1-10-5-6-16(20-4)14(7-10)18-9-13(12(3)17)15(19)8-11(18)2/h5-9,12H,17H2,1-4H3. The summed E-state index contributed by atoms with van der Waals surface area (Å²) in [7, 11) is 1.64. The summed E-state index contributed by atoms with van der Waals surface area (Å²) in [6, 6.07) is 7.26. The third kappa shape index (κ3) is 2.60. The van der Waals surface area contributed by atoms with Crippen LogP contribution in [0.4, 0.5) is 0 Å². The first-order chi connectivity index (χ1) is 9.43. The largest absolute Gasteiger partial charge is 0.495 e. The zero-order valence-electron chi connectivity index (χ0n) is 12.3. The van der Waals surface area contributed by atoms with Gasteiger partial charge in [-0.25, -0.2) is 0 Å². The van der Waals surface area contributed by atoms with Crippen molar-refractivity contribution in [3.8, 4) is 11.4 Å². The Morgan fingerprint density at radius 3 is 2.55 bits per heavy atom. The van der Waals surface area contributed by atoms with Crippen LogP contribution in [0.15, 0.2) is 35.3 Å². The normalized spacial score (nSPS) is 12.2. The first-order valence-electron chi connectivity index (χ1n) is 6.58. The van der Waals surface area contributed by atoms with Crippen LogP contribution in [0.5, 0.6) is 5.75 Å². The Kier molecular flexibility index (Phi) is 3.95. The van der Waals surface area contributed by atoms with Crippen molar-refractivity contribution >= 4 is 0 Å². The highest BCUT2D eigenvalue weighted by Crippen LogP contribution is 2.25. The Morgan fingerprint density at radius 1 is 1.25 bits per heavy atom. The van der Waals surface area contributed by atoms with E-state index in [2.05, 4.69) is 0 Å². The second-order valence-corrected chi connectivity index (χ2v) is 5.07. The van der Waals surface area contributed by atoms with Crippen LogP contribution in [-0.4, -0.2) is 11.7 Å². The maximum Gasteiger partial charge on any atom is 0.186 e. The molecule has 1 atom stereocenters. The van der Waals surface area contributed by atoms with Crippen molar-refractivity contribution in [2.45, 2.75) is 26.8 Å². The van der Waals surface area contributed by atoms with Crippen molar-refractivity contribution in [1.29, 1.82) is 0 Å². The van der Waals surface area contributed by atoms with Crippen LogP contribution in [0.2, 0.25) is 0 Å². The van der Waals surface area contributed by atoms with Crippen LogP contribution in [0.3, 0.4) is 0 Å². The molecule has 2 N–H and O–H groups in total. The molecule has 0 saturated heterocycles. The molecule has 0 aliphatic heterocycles. The van der Waals surface area contributed by atoms with Crippen molar-refractivity contribution in [2.24, 2.45) is 5.73 Å². The highest BCUT2D eigenvalue weighted by Gasteiger charge is 2.12. The molecule has 2 aromatic rings. The summed E-state index contributed by atoms with van der Waals surface area (Å²) in [5.41, 5.74) is 9.32. The number of hydrogen-bond acceptors (Lipinski definition) is 3. The van der Waals surface area contributed by atoms with Crippen molar-refractivity contribution in [1.82, 2.24) is 4.57 Å². The van der Waals surface area contributed by atoms with Crippen LogP contribution >= 0.6 is 0 Å². The average Bonchev–Trinajstić information content (AvgIpc) is 2.38. The van der Waals surface area contributed by atoms with Gasteiger partial charge in [-0.15, -0.1) is 0 Å². The number of nitrogens with two attached hydrogens (primary N) is 1. The molecule has 0 fully saturated rings. The number of pyridine rings is 1. The van der Waals surface area contributed by atoms with Crippen LogP contribution in [0.1, 0.15) is 29.8 Å². The Hall–Kier alpha value is -2.07. The molecule has 1 aromatic carbocycles. The summed E-state index contributed by atoms with van der Waals surface area (Å²) < 4.78 is 7.36. The molecule has 0 aliphatic carbocycles. The molecular weight excluding hydrogens is 252 g/mol. The number of methoxy groups -OCH3 is 1. The Bertz CT molecular complexity index is 687. The van der Waals surface area contributed by atoms with Gasteiger partial charge in [0.25, 0.3) is 0 Å². The smallest absolute Gasteiger partial charge is 0.186 e. The number of benzene rings is 1. The van der Waals surface area contributed by atoms with E-state index >= 15 is 0 Å². The maximum atomic E-state index is 12.0. The van der Waals surface area contributed by atoms with Crippen LogP contribution < -0.4 is 15.9 Å². The highest BCUT2D eigenvalue weighted by molar-refractivity contribution is 5.50. The number of rotatable bonds is 3. The van der Waals surface area contributed by atoms with E-state index < -0.39 is 0 Å². The zero-order valence-corrected chi connectivity index (χ0v) is 12.3. The Morgan fingerprint density at radius 2 is 1.95 bits per heavy atom. The molecule has 4 heteroatoms. The fraction of sp³-hybridized carbons (Fsp3) is 0.312. The lowest BCUT2D eigenvalue weighted by molar-refractivity contribution is 0.412. The van der Waals surface area contributed by atoms with Gasteiger partial charge in [0.05, 0.1) is 12.8 Å². The molecule has 0 bridgehead atoms. The van der Waals surface area contributed by atoms with Gasteiger partial charge in [0.1, 0.15) is 5.75 Å². The molecule has 1 aromatic heterocycles. The third-order valence-electron chi connectivity index (χ3n) is 3.36. The molecule has 4 nitrogen and oxygen atoms in total. The van der Waals surface area contributed by atoms with Gasteiger partial charge in [-0.05, 0) is 38.5 Å². The Balaban J connectivity index is 2.72. The lowest BCUT2D eigenvalue weighted by Crippen LogP contribution is -2.20. The van der Waals surface area contributed by atoms with Gasteiger partial charge < -0.3 is 15.0 Å². The predicted molar refractivity (Wildman–Crippen MR) is 80.7 cm³/mol. The maximum absolute atomic E-state index is 12.0. The van der Waals surface area contributed by atoms with E-state index in [1.54, 1.807) is 19.4 Å². The van der Waals surface area contributed by atoms with Crippen LogP contribution in [0, 0.1) is 13.8 Å². The molecule has 1 heterocycles. The molecule has 0 saturated carbocycles. The molecule has 0 spiro atoms. The summed E-state index contributed by atoms with van der Waals surface area (Å²) in [6.45, 7) is 5.73. The van der Waals surface area contributed by atoms with E-state index in [1.807, 2.05) is 43.5 Å². The zero-order chi connectivity index (χ0) is 14.9. The summed E-state index contributed by atoms with van der Waals surface area (Å²) in [4.78, 5) is 12.0. The average molecular weight is 272 g/mol. The second-order valence-electron chi connectivity index (χ2n) is 5.07. The van der Waals surface area contributed by atoms with Gasteiger partial charge in [0.15, 0.2) is 5.43 Å². The second kappa shape index (κ2) is 5.51. The molecule has 0 radical (unpaired) electrons. The SMILES string of the molecule is COc1ccc(C)cc1-n1cc(C(C)N)c(=O)cc1C. The van der Waals surface area contributed by atoms with E-state index in [0.717, 1.165) is 22.7 Å².